The van der Waals surface area contributed by atoms with E-state index in [9.17, 15) is 5.26 Å². The minimum absolute atomic E-state index is 0.576. The van der Waals surface area contributed by atoms with E-state index in [0.29, 0.717) is 6.04 Å². The van der Waals surface area contributed by atoms with E-state index in [2.05, 4.69) is 49.3 Å². The minimum Gasteiger partial charge on any atom is -0.303 e. The number of nitrogens with one attached hydrogen (secondary N) is 1. The van der Waals surface area contributed by atoms with Crippen molar-refractivity contribution < 1.29 is 0 Å². The fourth-order valence-corrected chi connectivity index (χ4v) is 3.01. The molecule has 3 heteroatoms. The largest absolute Gasteiger partial charge is 0.303 e. The molecule has 1 fully saturated rings. The summed E-state index contributed by atoms with van der Waals surface area (Å²) >= 11 is 0. The van der Waals surface area contributed by atoms with Crippen LogP contribution in [-0.4, -0.2) is 31.1 Å². The van der Waals surface area contributed by atoms with Crippen molar-refractivity contribution in [1.29, 1.82) is 5.26 Å². The molecule has 0 aromatic heterocycles. The maximum absolute atomic E-state index is 9.80. The first-order chi connectivity index (χ1) is 10.1. The minimum atomic E-state index is -0.576. The normalized spacial score (nSPS) is 19.0. The van der Waals surface area contributed by atoms with E-state index in [1.807, 2.05) is 18.2 Å². The second-order valence-corrected chi connectivity index (χ2v) is 6.22. The zero-order valence-corrected chi connectivity index (χ0v) is 13.5. The van der Waals surface area contributed by atoms with Gasteiger partial charge in [-0.2, -0.15) is 5.26 Å². The van der Waals surface area contributed by atoms with Crippen LogP contribution in [0.5, 0.6) is 0 Å². The van der Waals surface area contributed by atoms with Gasteiger partial charge in [-0.05, 0) is 51.3 Å². The molecule has 3 nitrogen and oxygen atoms in total. The van der Waals surface area contributed by atoms with Gasteiger partial charge in [-0.25, -0.2) is 0 Å². The zero-order chi connectivity index (χ0) is 15.3. The van der Waals surface area contributed by atoms with Crippen molar-refractivity contribution in [2.45, 2.75) is 44.7 Å². The van der Waals surface area contributed by atoms with Gasteiger partial charge in [-0.3, -0.25) is 5.32 Å². The summed E-state index contributed by atoms with van der Waals surface area (Å²) in [5, 5.41) is 13.2. The molecule has 1 aromatic rings. The number of benzene rings is 1. The van der Waals surface area contributed by atoms with Gasteiger partial charge in [0, 0.05) is 12.6 Å². The molecule has 2 unspecified atom stereocenters. The second kappa shape index (κ2) is 7.06. The highest BCUT2D eigenvalue weighted by Crippen LogP contribution is 2.35. The Morgan fingerprint density at radius 3 is 2.57 bits per heavy atom. The summed E-state index contributed by atoms with van der Waals surface area (Å²) in [6.07, 6.45) is 3.54. The van der Waals surface area contributed by atoms with Gasteiger partial charge < -0.3 is 4.90 Å². The molecular weight excluding hydrogens is 258 g/mol. The summed E-state index contributed by atoms with van der Waals surface area (Å²) < 4.78 is 0. The number of nitrogens with zero attached hydrogens (tertiary/aromatic N) is 2. The van der Waals surface area contributed by atoms with Crippen LogP contribution in [0, 0.1) is 17.2 Å². The molecule has 1 aromatic carbocycles. The summed E-state index contributed by atoms with van der Waals surface area (Å²) in [5.74, 6) is 0.863. The molecule has 0 aliphatic heterocycles. The molecule has 21 heavy (non-hydrogen) atoms. The molecule has 1 saturated carbocycles. The van der Waals surface area contributed by atoms with Crippen LogP contribution in [0.25, 0.3) is 0 Å². The number of hydrogen-bond acceptors (Lipinski definition) is 3. The van der Waals surface area contributed by atoms with E-state index in [-0.39, 0.29) is 0 Å². The molecule has 0 spiro atoms. The predicted octanol–water partition coefficient (Wildman–Crippen LogP) is 3.14. The second-order valence-electron chi connectivity index (χ2n) is 6.22. The third-order valence-electron chi connectivity index (χ3n) is 4.77. The maximum atomic E-state index is 9.80. The molecule has 0 radical (unpaired) electrons. The quantitative estimate of drug-likeness (QED) is 0.797. The number of nitriles is 1. The van der Waals surface area contributed by atoms with Gasteiger partial charge in [0.05, 0.1) is 6.07 Å². The van der Waals surface area contributed by atoms with E-state index >= 15 is 0 Å². The van der Waals surface area contributed by atoms with E-state index in [0.717, 1.165) is 31.0 Å². The van der Waals surface area contributed by atoms with Crippen molar-refractivity contribution in [3.8, 4) is 6.07 Å². The zero-order valence-electron chi connectivity index (χ0n) is 13.5. The third kappa shape index (κ3) is 3.84. The average molecular weight is 285 g/mol. The Morgan fingerprint density at radius 1 is 1.38 bits per heavy atom. The summed E-state index contributed by atoms with van der Waals surface area (Å²) in [4.78, 5) is 2.41. The molecule has 2 atom stereocenters. The summed E-state index contributed by atoms with van der Waals surface area (Å²) in [6, 6.07) is 13.3. The smallest absolute Gasteiger partial charge is 0.133 e. The molecule has 0 bridgehead atoms. The topological polar surface area (TPSA) is 39.1 Å². The Balaban J connectivity index is 2.07. The van der Waals surface area contributed by atoms with Gasteiger partial charge in [-0.1, -0.05) is 37.3 Å². The van der Waals surface area contributed by atoms with Crippen molar-refractivity contribution in [2.75, 3.05) is 20.1 Å². The monoisotopic (exact) mass is 285 g/mol. The number of hydrogen-bond donors (Lipinski definition) is 1. The van der Waals surface area contributed by atoms with Crippen molar-refractivity contribution in [3.63, 3.8) is 0 Å². The fourth-order valence-electron chi connectivity index (χ4n) is 3.01. The van der Waals surface area contributed by atoms with Gasteiger partial charge in [0.25, 0.3) is 0 Å². The van der Waals surface area contributed by atoms with Crippen LogP contribution in [0.3, 0.4) is 0 Å². The first-order valence-corrected chi connectivity index (χ1v) is 8.05. The Morgan fingerprint density at radius 2 is 2.05 bits per heavy atom. The lowest BCUT2D eigenvalue weighted by molar-refractivity contribution is 0.210. The summed E-state index contributed by atoms with van der Waals surface area (Å²) in [5.41, 5.74) is 0.495. The van der Waals surface area contributed by atoms with Crippen LogP contribution in [0.1, 0.15) is 38.7 Å². The highest BCUT2D eigenvalue weighted by molar-refractivity contribution is 5.31. The highest BCUT2D eigenvalue weighted by Gasteiger charge is 2.34. The summed E-state index contributed by atoms with van der Waals surface area (Å²) in [6.45, 7) is 6.10. The van der Waals surface area contributed by atoms with Crippen molar-refractivity contribution >= 4 is 0 Å². The first kappa shape index (κ1) is 16.0. The van der Waals surface area contributed by atoms with E-state index < -0.39 is 5.54 Å². The first-order valence-electron chi connectivity index (χ1n) is 8.05. The Bertz CT molecular complexity index is 475. The highest BCUT2D eigenvalue weighted by atomic mass is 15.1. The van der Waals surface area contributed by atoms with Crippen LogP contribution in [0.4, 0.5) is 0 Å². The van der Waals surface area contributed by atoms with Crippen LogP contribution in [-0.2, 0) is 5.54 Å². The molecule has 1 aliphatic rings. The molecule has 114 valence electrons. The van der Waals surface area contributed by atoms with E-state index in [1.54, 1.807) is 0 Å². The molecule has 1 aliphatic carbocycles. The van der Waals surface area contributed by atoms with Crippen LogP contribution in [0.15, 0.2) is 30.3 Å². The third-order valence-corrected chi connectivity index (χ3v) is 4.77. The lowest BCUT2D eigenvalue weighted by Gasteiger charge is -2.32. The van der Waals surface area contributed by atoms with Crippen molar-refractivity contribution in [2.24, 2.45) is 5.92 Å². The molecule has 0 saturated heterocycles. The standard InChI is InChI=1S/C18H27N3/c1-4-20-18(14-19,17-8-6-5-7-9-17)12-13-21(3)15(2)16-10-11-16/h5-9,15-16,20H,4,10-13H2,1-3H3. The SMILES string of the molecule is CCNC(C#N)(CCN(C)C(C)C1CC1)c1ccccc1. The van der Waals surface area contributed by atoms with Crippen molar-refractivity contribution in [1.82, 2.24) is 10.2 Å². The van der Waals surface area contributed by atoms with Gasteiger partial charge in [0.15, 0.2) is 0 Å². The van der Waals surface area contributed by atoms with Gasteiger partial charge in [0.1, 0.15) is 5.54 Å². The molecule has 2 rings (SSSR count). The molecule has 0 heterocycles. The Hall–Kier alpha value is -1.37. The fraction of sp³-hybridized carbons (Fsp3) is 0.611. The molecule has 1 N–H and O–H groups in total. The van der Waals surface area contributed by atoms with Crippen LogP contribution in [0.2, 0.25) is 0 Å². The lowest BCUT2D eigenvalue weighted by Crippen LogP contribution is -2.44. The van der Waals surface area contributed by atoms with Crippen LogP contribution >= 0.6 is 0 Å². The van der Waals surface area contributed by atoms with Gasteiger partial charge >= 0.3 is 0 Å². The summed E-state index contributed by atoms with van der Waals surface area (Å²) in [7, 11) is 2.18. The Labute approximate surface area is 129 Å². The molecular formula is C18H27N3. The number of rotatable bonds is 8. The predicted molar refractivity (Wildman–Crippen MR) is 86.8 cm³/mol. The van der Waals surface area contributed by atoms with E-state index in [1.165, 1.54) is 12.8 Å². The van der Waals surface area contributed by atoms with E-state index in [4.69, 9.17) is 0 Å². The molecule has 0 amide bonds. The maximum Gasteiger partial charge on any atom is 0.133 e. The van der Waals surface area contributed by atoms with Crippen molar-refractivity contribution in [3.05, 3.63) is 35.9 Å². The van der Waals surface area contributed by atoms with Gasteiger partial charge in [0.2, 0.25) is 0 Å². The lowest BCUT2D eigenvalue weighted by atomic mass is 9.87. The Kier molecular flexibility index (Phi) is 5.39. The van der Waals surface area contributed by atoms with Crippen LogP contribution < -0.4 is 5.32 Å². The van der Waals surface area contributed by atoms with Gasteiger partial charge in [-0.15, -0.1) is 0 Å². The average Bonchev–Trinajstić information content (AvgIpc) is 3.36.